The molecule has 0 aliphatic carbocycles. The molecule has 0 saturated carbocycles. The summed E-state index contributed by atoms with van der Waals surface area (Å²) >= 11 is 0. The van der Waals surface area contributed by atoms with Crippen molar-refractivity contribution in [2.75, 3.05) is 0 Å². The molecule has 2 aromatic rings. The summed E-state index contributed by atoms with van der Waals surface area (Å²) in [6.45, 7) is 13.0. The molecule has 0 unspecified atom stereocenters. The van der Waals surface area contributed by atoms with Crippen LogP contribution in [-0.4, -0.2) is 31.5 Å². The summed E-state index contributed by atoms with van der Waals surface area (Å²) < 4.78 is 12.3. The lowest BCUT2D eigenvalue weighted by Gasteiger charge is -2.32. The van der Waals surface area contributed by atoms with Crippen molar-refractivity contribution in [1.82, 2.24) is 0 Å². The number of benzene rings is 2. The van der Waals surface area contributed by atoms with E-state index >= 15 is 0 Å². The van der Waals surface area contributed by atoms with Gasteiger partial charge < -0.3 is 14.4 Å². The summed E-state index contributed by atoms with van der Waals surface area (Å²) in [7, 11) is -2.21. The smallest absolute Gasteiger partial charge is 0.399 e. The summed E-state index contributed by atoms with van der Waals surface area (Å²) in [6, 6.07) is 16.8. The predicted octanol–water partition coefficient (Wildman–Crippen LogP) is 2.30. The van der Waals surface area contributed by atoms with Crippen LogP contribution in [0.1, 0.15) is 33.3 Å². The van der Waals surface area contributed by atoms with E-state index in [2.05, 4.69) is 77.2 Å². The highest BCUT2D eigenvalue weighted by Crippen LogP contribution is 2.36. The summed E-state index contributed by atoms with van der Waals surface area (Å²) in [5.74, 6) is 0. The van der Waals surface area contributed by atoms with Crippen LogP contribution < -0.4 is 15.8 Å². The molecule has 3 nitrogen and oxygen atoms in total. The Morgan fingerprint density at radius 2 is 1.42 bits per heavy atom. The van der Waals surface area contributed by atoms with Crippen LogP contribution in [0.25, 0.3) is 0 Å². The highest BCUT2D eigenvalue weighted by molar-refractivity contribution is 7.00. The first-order chi connectivity index (χ1) is 12.1. The Hall–Kier alpha value is -1.40. The fourth-order valence-electron chi connectivity index (χ4n) is 3.46. The zero-order valence-corrected chi connectivity index (χ0v) is 17.7. The number of rotatable bonds is 4. The van der Waals surface area contributed by atoms with Crippen LogP contribution in [-0.2, 0) is 15.9 Å². The minimum atomic E-state index is -1.88. The summed E-state index contributed by atoms with van der Waals surface area (Å²) in [5.41, 5.74) is 1.42. The largest absolute Gasteiger partial charge is 0.494 e. The highest BCUT2D eigenvalue weighted by atomic mass is 28.3. The molecule has 1 aliphatic rings. The molecule has 3 rings (SSSR count). The zero-order chi connectivity index (χ0) is 19.2. The van der Waals surface area contributed by atoms with Gasteiger partial charge in [-0.25, -0.2) is 0 Å². The van der Waals surface area contributed by atoms with Gasteiger partial charge in [0, 0.05) is 0 Å². The van der Waals surface area contributed by atoms with Crippen molar-refractivity contribution in [1.29, 1.82) is 0 Å². The molecule has 26 heavy (non-hydrogen) atoms. The first-order valence-corrected chi connectivity index (χ1v) is 12.2. The van der Waals surface area contributed by atoms with Crippen molar-refractivity contribution >= 4 is 31.0 Å². The average Bonchev–Trinajstić information content (AvgIpc) is 2.82. The molecule has 5 heteroatoms. The van der Waals surface area contributed by atoms with Crippen LogP contribution in [0.3, 0.4) is 0 Å². The van der Waals surface area contributed by atoms with Gasteiger partial charge in [0.25, 0.3) is 0 Å². The van der Waals surface area contributed by atoms with E-state index in [0.717, 1.165) is 11.0 Å². The van der Waals surface area contributed by atoms with Gasteiger partial charge in [-0.15, -0.1) is 0 Å². The Balaban J connectivity index is 1.88. The molecule has 0 spiro atoms. The molecule has 2 aromatic carbocycles. The maximum absolute atomic E-state index is 9.70. The second-order valence-corrected chi connectivity index (χ2v) is 13.0. The van der Waals surface area contributed by atoms with Crippen molar-refractivity contribution in [3.05, 3.63) is 54.1 Å². The standard InChI is InChI=1S/C21H29BO3Si/c1-20(2)21(3,4)25-22(24-20)17-11-13-18(14-12-17)26(5,6)19-10-8-7-9-16(19)15-23/h7-14,23H,15H2,1-6H3. The van der Waals surface area contributed by atoms with Crippen molar-refractivity contribution in [2.24, 2.45) is 0 Å². The maximum Gasteiger partial charge on any atom is 0.494 e. The first-order valence-electron chi connectivity index (χ1n) is 9.24. The number of hydrogen-bond acceptors (Lipinski definition) is 3. The van der Waals surface area contributed by atoms with Gasteiger partial charge in [0.05, 0.1) is 17.8 Å². The van der Waals surface area contributed by atoms with E-state index in [-0.39, 0.29) is 24.9 Å². The minimum Gasteiger partial charge on any atom is -0.399 e. The molecule has 0 atom stereocenters. The van der Waals surface area contributed by atoms with Crippen LogP contribution in [0.4, 0.5) is 0 Å². The van der Waals surface area contributed by atoms with E-state index in [1.165, 1.54) is 10.4 Å². The molecule has 1 aliphatic heterocycles. The second-order valence-electron chi connectivity index (χ2n) is 8.65. The lowest BCUT2D eigenvalue weighted by atomic mass is 9.79. The van der Waals surface area contributed by atoms with Crippen LogP contribution in [0, 0.1) is 0 Å². The SMILES string of the molecule is CC1(C)OB(c2ccc([Si](C)(C)c3ccccc3CO)cc2)OC1(C)C. The van der Waals surface area contributed by atoms with E-state index in [0.29, 0.717) is 0 Å². The maximum atomic E-state index is 9.70. The van der Waals surface area contributed by atoms with Gasteiger partial charge in [-0.2, -0.15) is 0 Å². The molecular formula is C21H29BO3Si. The molecule has 1 saturated heterocycles. The Labute approximate surface area is 158 Å². The molecule has 0 amide bonds. The minimum absolute atomic E-state index is 0.0820. The van der Waals surface area contributed by atoms with Crippen LogP contribution in [0.2, 0.25) is 13.1 Å². The summed E-state index contributed by atoms with van der Waals surface area (Å²) in [5, 5.41) is 12.3. The third kappa shape index (κ3) is 3.29. The van der Waals surface area contributed by atoms with E-state index < -0.39 is 8.07 Å². The van der Waals surface area contributed by atoms with Gasteiger partial charge in [-0.1, -0.05) is 66.8 Å². The molecule has 138 valence electrons. The van der Waals surface area contributed by atoms with Gasteiger partial charge in [0.1, 0.15) is 8.07 Å². The molecule has 0 bridgehead atoms. The second kappa shape index (κ2) is 6.64. The fourth-order valence-corrected chi connectivity index (χ4v) is 6.25. The van der Waals surface area contributed by atoms with Crippen molar-refractivity contribution < 1.29 is 14.4 Å². The van der Waals surface area contributed by atoms with E-state index in [4.69, 9.17) is 9.31 Å². The van der Waals surface area contributed by atoms with Crippen molar-refractivity contribution in [3.63, 3.8) is 0 Å². The quantitative estimate of drug-likeness (QED) is 0.842. The van der Waals surface area contributed by atoms with Gasteiger partial charge in [-0.05, 0) is 43.9 Å². The third-order valence-electron chi connectivity index (χ3n) is 6.02. The van der Waals surface area contributed by atoms with Crippen LogP contribution in [0.5, 0.6) is 0 Å². The lowest BCUT2D eigenvalue weighted by molar-refractivity contribution is 0.00578. The average molecular weight is 368 g/mol. The van der Waals surface area contributed by atoms with Crippen LogP contribution >= 0.6 is 0 Å². The summed E-state index contributed by atoms with van der Waals surface area (Å²) in [6.07, 6.45) is 0. The molecule has 1 N–H and O–H groups in total. The Kier molecular flexibility index (Phi) is 4.95. The monoisotopic (exact) mass is 368 g/mol. The third-order valence-corrected chi connectivity index (χ3v) is 9.63. The fraction of sp³-hybridized carbons (Fsp3) is 0.429. The lowest BCUT2D eigenvalue weighted by Crippen LogP contribution is -2.54. The molecular weight excluding hydrogens is 339 g/mol. The predicted molar refractivity (Wildman–Crippen MR) is 111 cm³/mol. The van der Waals surface area contributed by atoms with Gasteiger partial charge >= 0.3 is 7.12 Å². The van der Waals surface area contributed by atoms with E-state index in [1.54, 1.807) is 0 Å². The van der Waals surface area contributed by atoms with Gasteiger partial charge in [0.2, 0.25) is 0 Å². The number of aliphatic hydroxyl groups excluding tert-OH is 1. The van der Waals surface area contributed by atoms with Gasteiger partial charge in [0.15, 0.2) is 0 Å². The van der Waals surface area contributed by atoms with Crippen molar-refractivity contribution in [3.8, 4) is 0 Å². The normalized spacial score (nSPS) is 19.0. The topological polar surface area (TPSA) is 38.7 Å². The molecule has 1 heterocycles. The Bertz CT molecular complexity index is 768. The molecule has 0 radical (unpaired) electrons. The van der Waals surface area contributed by atoms with Crippen molar-refractivity contribution in [2.45, 2.75) is 58.6 Å². The number of hydrogen-bond donors (Lipinski definition) is 1. The Morgan fingerprint density at radius 1 is 0.885 bits per heavy atom. The molecule has 1 fully saturated rings. The van der Waals surface area contributed by atoms with Crippen LogP contribution in [0.15, 0.2) is 48.5 Å². The zero-order valence-electron chi connectivity index (χ0n) is 16.7. The Morgan fingerprint density at radius 3 is 1.96 bits per heavy atom. The van der Waals surface area contributed by atoms with E-state index in [1.807, 2.05) is 12.1 Å². The highest BCUT2D eigenvalue weighted by Gasteiger charge is 2.51. The molecule has 0 aromatic heterocycles. The number of aliphatic hydroxyl groups is 1. The van der Waals surface area contributed by atoms with Gasteiger partial charge in [-0.3, -0.25) is 0 Å². The summed E-state index contributed by atoms with van der Waals surface area (Å²) in [4.78, 5) is 0. The van der Waals surface area contributed by atoms with E-state index in [9.17, 15) is 5.11 Å². The first kappa shape index (κ1) is 19.4.